The maximum atomic E-state index is 5.55. The second-order valence-corrected chi connectivity index (χ2v) is 2.83. The maximum absolute atomic E-state index is 5.55. The van der Waals surface area contributed by atoms with Gasteiger partial charge < -0.3 is 10.1 Å². The summed E-state index contributed by atoms with van der Waals surface area (Å²) in [7, 11) is 0. The smallest absolute Gasteiger partial charge is 0.0776 e. The highest BCUT2D eigenvalue weighted by Crippen LogP contribution is 2.15. The first-order valence-electron chi connectivity index (χ1n) is 3.61. The van der Waals surface area contributed by atoms with Crippen molar-refractivity contribution in [3.05, 3.63) is 0 Å². The summed E-state index contributed by atoms with van der Waals surface area (Å²) >= 11 is 0. The molecule has 1 atom stereocenters. The van der Waals surface area contributed by atoms with Crippen LogP contribution >= 0.6 is 0 Å². The van der Waals surface area contributed by atoms with Gasteiger partial charge in [0.25, 0.3) is 0 Å². The fourth-order valence-electron chi connectivity index (χ4n) is 1.00. The van der Waals surface area contributed by atoms with Crippen LogP contribution < -0.4 is 5.32 Å². The number of rotatable bonds is 1. The second-order valence-electron chi connectivity index (χ2n) is 2.83. The molecular weight excluding hydrogens is 114 g/mol. The van der Waals surface area contributed by atoms with E-state index in [0.717, 1.165) is 26.1 Å². The van der Waals surface area contributed by atoms with Gasteiger partial charge in [0.15, 0.2) is 0 Å². The van der Waals surface area contributed by atoms with Gasteiger partial charge in [-0.15, -0.1) is 0 Å². The molecule has 0 spiro atoms. The molecule has 1 rings (SSSR count). The summed E-state index contributed by atoms with van der Waals surface area (Å²) in [6.07, 6.45) is 1.10. The van der Waals surface area contributed by atoms with E-state index in [1.54, 1.807) is 0 Å². The zero-order valence-electron chi connectivity index (χ0n) is 6.24. The lowest BCUT2D eigenvalue weighted by Gasteiger charge is -2.33. The highest BCUT2D eigenvalue weighted by molar-refractivity contribution is 4.79. The molecule has 0 radical (unpaired) electrons. The van der Waals surface area contributed by atoms with E-state index < -0.39 is 0 Å². The van der Waals surface area contributed by atoms with E-state index in [2.05, 4.69) is 19.2 Å². The topological polar surface area (TPSA) is 21.3 Å². The summed E-state index contributed by atoms with van der Waals surface area (Å²) in [5.41, 5.74) is 0.109. The van der Waals surface area contributed by atoms with Crippen LogP contribution in [-0.4, -0.2) is 25.3 Å². The Morgan fingerprint density at radius 3 is 2.78 bits per heavy atom. The van der Waals surface area contributed by atoms with Gasteiger partial charge in [-0.25, -0.2) is 0 Å². The molecule has 0 aliphatic carbocycles. The molecule has 1 heterocycles. The third-order valence-electron chi connectivity index (χ3n) is 1.98. The van der Waals surface area contributed by atoms with Crippen molar-refractivity contribution in [3.8, 4) is 0 Å². The first-order valence-corrected chi connectivity index (χ1v) is 3.61. The minimum absolute atomic E-state index is 0.109. The molecule has 1 saturated heterocycles. The Morgan fingerprint density at radius 1 is 1.67 bits per heavy atom. The number of hydrogen-bond acceptors (Lipinski definition) is 2. The van der Waals surface area contributed by atoms with Crippen molar-refractivity contribution in [1.82, 2.24) is 5.32 Å². The third kappa shape index (κ3) is 1.66. The Morgan fingerprint density at radius 2 is 2.44 bits per heavy atom. The van der Waals surface area contributed by atoms with Crippen LogP contribution in [0.2, 0.25) is 0 Å². The van der Waals surface area contributed by atoms with Gasteiger partial charge in [-0.05, 0) is 13.3 Å². The highest BCUT2D eigenvalue weighted by atomic mass is 16.5. The lowest BCUT2D eigenvalue weighted by Crippen LogP contribution is -2.47. The quantitative estimate of drug-likeness (QED) is 0.564. The van der Waals surface area contributed by atoms with Gasteiger partial charge in [0.2, 0.25) is 0 Å². The minimum Gasteiger partial charge on any atom is -0.373 e. The summed E-state index contributed by atoms with van der Waals surface area (Å²) in [5.74, 6) is 0. The number of hydrogen-bond donors (Lipinski definition) is 1. The predicted molar refractivity (Wildman–Crippen MR) is 37.5 cm³/mol. The van der Waals surface area contributed by atoms with Crippen molar-refractivity contribution in [3.63, 3.8) is 0 Å². The Labute approximate surface area is 56.6 Å². The molecule has 1 unspecified atom stereocenters. The fourth-order valence-corrected chi connectivity index (χ4v) is 1.00. The second kappa shape index (κ2) is 2.67. The molecule has 2 heteroatoms. The zero-order chi connectivity index (χ0) is 6.74. The van der Waals surface area contributed by atoms with Crippen molar-refractivity contribution >= 4 is 0 Å². The summed E-state index contributed by atoms with van der Waals surface area (Å²) in [5, 5.41) is 3.30. The molecule has 1 N–H and O–H groups in total. The summed E-state index contributed by atoms with van der Waals surface area (Å²) in [6, 6.07) is 0. The fraction of sp³-hybridized carbons (Fsp3) is 1.00. The van der Waals surface area contributed by atoms with E-state index in [1.807, 2.05) is 0 Å². The molecule has 0 saturated carbocycles. The number of nitrogens with one attached hydrogen (secondary N) is 1. The largest absolute Gasteiger partial charge is 0.373 e. The number of morpholine rings is 1. The van der Waals surface area contributed by atoms with Crippen molar-refractivity contribution in [1.29, 1.82) is 0 Å². The van der Waals surface area contributed by atoms with Crippen molar-refractivity contribution < 1.29 is 4.74 Å². The van der Waals surface area contributed by atoms with Crippen LogP contribution in [0.5, 0.6) is 0 Å². The highest BCUT2D eigenvalue weighted by Gasteiger charge is 2.24. The predicted octanol–water partition coefficient (Wildman–Crippen LogP) is 0.775. The molecule has 0 aromatic carbocycles. The normalized spacial score (nSPS) is 36.7. The summed E-state index contributed by atoms with van der Waals surface area (Å²) < 4.78 is 5.55. The molecule has 2 nitrogen and oxygen atoms in total. The zero-order valence-corrected chi connectivity index (χ0v) is 6.24. The van der Waals surface area contributed by atoms with Gasteiger partial charge in [-0.2, -0.15) is 0 Å². The van der Waals surface area contributed by atoms with Gasteiger partial charge in [0, 0.05) is 13.1 Å². The first kappa shape index (κ1) is 7.03. The average molecular weight is 129 g/mol. The Hall–Kier alpha value is -0.0800. The van der Waals surface area contributed by atoms with E-state index >= 15 is 0 Å². The van der Waals surface area contributed by atoms with Crippen LogP contribution in [-0.2, 0) is 4.74 Å². The van der Waals surface area contributed by atoms with E-state index in [9.17, 15) is 0 Å². The maximum Gasteiger partial charge on any atom is 0.0776 e. The van der Waals surface area contributed by atoms with Crippen molar-refractivity contribution in [2.24, 2.45) is 0 Å². The molecule has 1 fully saturated rings. The molecule has 54 valence electrons. The van der Waals surface area contributed by atoms with E-state index in [0.29, 0.717) is 0 Å². The van der Waals surface area contributed by atoms with Gasteiger partial charge in [-0.1, -0.05) is 6.92 Å². The lowest BCUT2D eigenvalue weighted by atomic mass is 10.0. The SMILES string of the molecule is CCC1(C)CNCCO1. The first-order chi connectivity index (χ1) is 4.27. The van der Waals surface area contributed by atoms with Crippen molar-refractivity contribution in [2.45, 2.75) is 25.9 Å². The van der Waals surface area contributed by atoms with Gasteiger partial charge >= 0.3 is 0 Å². The molecule has 0 aromatic rings. The van der Waals surface area contributed by atoms with E-state index in [4.69, 9.17) is 4.74 Å². The Balaban J connectivity index is 2.37. The Bertz CT molecular complexity index is 86.9. The molecule has 0 aromatic heterocycles. The van der Waals surface area contributed by atoms with Gasteiger partial charge in [0.05, 0.1) is 12.2 Å². The van der Waals surface area contributed by atoms with Gasteiger partial charge in [0.1, 0.15) is 0 Å². The summed E-state index contributed by atoms with van der Waals surface area (Å²) in [6.45, 7) is 7.19. The Kier molecular flexibility index (Phi) is 2.09. The third-order valence-corrected chi connectivity index (χ3v) is 1.98. The molecule has 1 aliphatic heterocycles. The van der Waals surface area contributed by atoms with Crippen LogP contribution in [0.4, 0.5) is 0 Å². The molecule has 9 heavy (non-hydrogen) atoms. The van der Waals surface area contributed by atoms with E-state index in [-0.39, 0.29) is 5.60 Å². The van der Waals surface area contributed by atoms with Crippen molar-refractivity contribution in [2.75, 3.05) is 19.7 Å². The minimum atomic E-state index is 0.109. The van der Waals surface area contributed by atoms with Crippen LogP contribution in [0.15, 0.2) is 0 Å². The van der Waals surface area contributed by atoms with Crippen LogP contribution in [0.25, 0.3) is 0 Å². The van der Waals surface area contributed by atoms with Gasteiger partial charge in [-0.3, -0.25) is 0 Å². The van der Waals surface area contributed by atoms with E-state index in [1.165, 1.54) is 0 Å². The lowest BCUT2D eigenvalue weighted by molar-refractivity contribution is -0.0544. The molecule has 0 bridgehead atoms. The monoisotopic (exact) mass is 129 g/mol. The number of ether oxygens (including phenoxy) is 1. The summed E-state index contributed by atoms with van der Waals surface area (Å²) in [4.78, 5) is 0. The van der Waals surface area contributed by atoms with Crippen LogP contribution in [0, 0.1) is 0 Å². The van der Waals surface area contributed by atoms with Crippen LogP contribution in [0.1, 0.15) is 20.3 Å². The average Bonchev–Trinajstić information content (AvgIpc) is 1.90. The van der Waals surface area contributed by atoms with Crippen LogP contribution in [0.3, 0.4) is 0 Å². The standard InChI is InChI=1S/C7H15NO/c1-3-7(2)6-8-4-5-9-7/h8H,3-6H2,1-2H3. The molecule has 0 amide bonds. The molecule has 1 aliphatic rings. The molecular formula is C7H15NO.